The lowest BCUT2D eigenvalue weighted by atomic mass is 9.94. The number of piperidine rings is 2. The lowest BCUT2D eigenvalue weighted by molar-refractivity contribution is -0.143. The number of carbonyl (C=O) groups is 2. The van der Waals surface area contributed by atoms with E-state index in [1.165, 1.54) is 6.92 Å². The molecule has 2 unspecified atom stereocenters. The van der Waals surface area contributed by atoms with Crippen molar-refractivity contribution in [3.63, 3.8) is 0 Å². The summed E-state index contributed by atoms with van der Waals surface area (Å²) in [6.07, 6.45) is 6.15. The molecule has 2 aliphatic rings. The minimum atomic E-state index is -4.71. The van der Waals surface area contributed by atoms with Crippen LogP contribution in [0.1, 0.15) is 43.7 Å². The summed E-state index contributed by atoms with van der Waals surface area (Å²) in [5, 5.41) is 26.4. The third-order valence-electron chi connectivity index (χ3n) is 9.09. The molecule has 0 spiro atoms. The van der Waals surface area contributed by atoms with E-state index in [1.807, 2.05) is 30.3 Å². The number of aromatic nitrogens is 2. The molecule has 0 bridgehead atoms. The molecule has 6 rings (SSSR count). The Balaban J connectivity index is 1.22. The number of hydrogen-bond donors (Lipinski definition) is 7. The molecule has 0 aliphatic carbocycles. The van der Waals surface area contributed by atoms with Crippen LogP contribution in [0.15, 0.2) is 48.8 Å². The van der Waals surface area contributed by atoms with E-state index in [4.69, 9.17) is 9.47 Å². The van der Waals surface area contributed by atoms with Crippen LogP contribution < -0.4 is 24.8 Å². The van der Waals surface area contributed by atoms with Crippen molar-refractivity contribution in [2.24, 2.45) is 0 Å². The van der Waals surface area contributed by atoms with Crippen LogP contribution in [0.4, 0.5) is 0 Å². The molecular weight excluding hydrogens is 626 g/mol. The lowest BCUT2D eigenvalue weighted by Gasteiger charge is -2.28. The first-order chi connectivity index (χ1) is 22.5. The predicted molar refractivity (Wildman–Crippen MR) is 177 cm³/mol. The number of fused-ring (bicyclic) bond motifs is 2. The molecule has 7 N–H and O–H groups in total. The van der Waals surface area contributed by atoms with Gasteiger partial charge in [-0.1, -0.05) is 0 Å². The summed E-state index contributed by atoms with van der Waals surface area (Å²) in [6.45, 7) is 4.69. The Kier molecular flexibility index (Phi) is 9.46. The van der Waals surface area contributed by atoms with Crippen molar-refractivity contribution in [1.29, 1.82) is 0 Å². The molecular formula is C33H41N5O8S. The van der Waals surface area contributed by atoms with Crippen LogP contribution in [0.2, 0.25) is 0 Å². The lowest BCUT2D eigenvalue weighted by Crippen LogP contribution is -2.57. The van der Waals surface area contributed by atoms with Gasteiger partial charge in [-0.25, -0.2) is 8.42 Å². The van der Waals surface area contributed by atoms with Crippen molar-refractivity contribution in [1.82, 2.24) is 25.3 Å². The Morgan fingerprint density at radius 2 is 1.34 bits per heavy atom. The number of carboxylic acid groups (broad SMARTS) is 2. The molecule has 4 heterocycles. The van der Waals surface area contributed by atoms with E-state index in [-0.39, 0.29) is 25.0 Å². The predicted octanol–water partition coefficient (Wildman–Crippen LogP) is 2.91. The minimum absolute atomic E-state index is 0.0480. The number of ether oxygens (including phenoxy) is 2. The van der Waals surface area contributed by atoms with Gasteiger partial charge in [-0.3, -0.25) is 9.59 Å². The van der Waals surface area contributed by atoms with Crippen LogP contribution in [-0.4, -0.2) is 89.7 Å². The number of carboxylic acids is 2. The van der Waals surface area contributed by atoms with Gasteiger partial charge in [0.2, 0.25) is 10.0 Å². The summed E-state index contributed by atoms with van der Waals surface area (Å²) < 4.78 is 42.0. The zero-order valence-corrected chi connectivity index (χ0v) is 27.0. The fourth-order valence-corrected chi connectivity index (χ4v) is 8.03. The highest BCUT2D eigenvalue weighted by Gasteiger charge is 2.43. The van der Waals surface area contributed by atoms with Gasteiger partial charge >= 0.3 is 11.9 Å². The van der Waals surface area contributed by atoms with Gasteiger partial charge in [-0.05, 0) is 106 Å². The number of aliphatic carboxylic acids is 2. The first-order valence-electron chi connectivity index (χ1n) is 15.9. The first kappa shape index (κ1) is 32.8. The van der Waals surface area contributed by atoms with E-state index in [9.17, 15) is 28.2 Å². The number of nitrogens with one attached hydrogen (secondary N) is 5. The average Bonchev–Trinajstić information content (AvgIpc) is 3.63. The van der Waals surface area contributed by atoms with Gasteiger partial charge in [0.25, 0.3) is 0 Å². The van der Waals surface area contributed by atoms with Crippen LogP contribution in [0, 0.1) is 0 Å². The Morgan fingerprint density at radius 1 is 0.851 bits per heavy atom. The van der Waals surface area contributed by atoms with Gasteiger partial charge in [-0.15, -0.1) is 0 Å². The molecule has 252 valence electrons. The zero-order chi connectivity index (χ0) is 33.2. The highest BCUT2D eigenvalue weighted by atomic mass is 32.2. The highest BCUT2D eigenvalue weighted by molar-refractivity contribution is 7.90. The molecule has 13 nitrogen and oxygen atoms in total. The molecule has 2 saturated heterocycles. The molecule has 2 aromatic heterocycles. The minimum Gasteiger partial charge on any atom is -0.490 e. The molecule has 0 saturated carbocycles. The molecule has 0 amide bonds. The third kappa shape index (κ3) is 7.40. The fourth-order valence-electron chi connectivity index (χ4n) is 6.44. The van der Waals surface area contributed by atoms with Gasteiger partial charge in [0, 0.05) is 47.0 Å². The largest absolute Gasteiger partial charge is 0.490 e. The van der Waals surface area contributed by atoms with Crippen LogP contribution in [0.5, 0.6) is 11.5 Å². The maximum Gasteiger partial charge on any atom is 0.324 e. The summed E-state index contributed by atoms with van der Waals surface area (Å²) in [6, 6.07) is 10.9. The van der Waals surface area contributed by atoms with Gasteiger partial charge in [0.15, 0.2) is 5.25 Å². The van der Waals surface area contributed by atoms with E-state index >= 15 is 0 Å². The summed E-state index contributed by atoms with van der Waals surface area (Å²) in [4.78, 5) is 31.3. The molecule has 0 radical (unpaired) electrons. The van der Waals surface area contributed by atoms with Crippen LogP contribution in [0.25, 0.3) is 21.8 Å². The molecule has 47 heavy (non-hydrogen) atoms. The number of benzene rings is 2. The summed E-state index contributed by atoms with van der Waals surface area (Å²) >= 11 is 0. The Bertz CT molecular complexity index is 1860. The normalized spacial score (nSPS) is 18.6. The van der Waals surface area contributed by atoms with Crippen molar-refractivity contribution < 1.29 is 37.7 Å². The van der Waals surface area contributed by atoms with Crippen molar-refractivity contribution in [2.45, 2.75) is 68.4 Å². The summed E-state index contributed by atoms with van der Waals surface area (Å²) in [5.41, 5.74) is 0.394. The third-order valence-corrected chi connectivity index (χ3v) is 10.9. The molecule has 2 aliphatic heterocycles. The summed E-state index contributed by atoms with van der Waals surface area (Å²) in [5.74, 6) is -1.78. The number of hydrogen-bond acceptors (Lipinski definition) is 8. The second-order valence-corrected chi connectivity index (χ2v) is 14.5. The quantitative estimate of drug-likeness (QED) is 0.111. The fraction of sp³-hybridized carbons (Fsp3) is 0.455. The number of H-pyrrole nitrogens is 2. The maximum atomic E-state index is 13.7. The van der Waals surface area contributed by atoms with Crippen molar-refractivity contribution in [2.75, 3.05) is 26.2 Å². The van der Waals surface area contributed by atoms with Crippen molar-refractivity contribution >= 4 is 43.8 Å². The molecule has 2 fully saturated rings. The molecule has 2 aromatic carbocycles. The van der Waals surface area contributed by atoms with E-state index < -0.39 is 32.8 Å². The number of sulfonamides is 1. The van der Waals surface area contributed by atoms with Gasteiger partial charge in [-0.2, -0.15) is 4.72 Å². The van der Waals surface area contributed by atoms with Gasteiger partial charge in [0.1, 0.15) is 29.2 Å². The van der Waals surface area contributed by atoms with Crippen molar-refractivity contribution in [3.05, 3.63) is 59.9 Å². The second-order valence-electron chi connectivity index (χ2n) is 12.7. The Hall–Kier alpha value is -4.11. The Labute approximate surface area is 272 Å². The second kappa shape index (κ2) is 13.6. The van der Waals surface area contributed by atoms with E-state index in [0.29, 0.717) is 38.9 Å². The topological polar surface area (TPSA) is 195 Å². The van der Waals surface area contributed by atoms with E-state index in [1.54, 1.807) is 18.5 Å². The van der Waals surface area contributed by atoms with Crippen LogP contribution in [0.3, 0.4) is 0 Å². The molecule has 4 aromatic rings. The zero-order valence-electron chi connectivity index (χ0n) is 26.2. The van der Waals surface area contributed by atoms with Crippen molar-refractivity contribution in [3.8, 4) is 11.5 Å². The van der Waals surface area contributed by atoms with Crippen LogP contribution in [-0.2, 0) is 32.5 Å². The average molecular weight is 668 g/mol. The molecule has 2 atom stereocenters. The van der Waals surface area contributed by atoms with E-state index in [2.05, 4.69) is 25.3 Å². The smallest absolute Gasteiger partial charge is 0.324 e. The van der Waals surface area contributed by atoms with Crippen LogP contribution >= 0.6 is 0 Å². The number of rotatable bonds is 13. The SMILES string of the molecule is CC(Cc1c[nH]c2ccc(OC3CCNCC3)cc12)(NS(=O)(=O)C(Cc1c[nH]c2ccc(OC3CCNCC3)cc12)C(=O)O)C(=O)O. The first-order valence-corrected chi connectivity index (χ1v) is 17.5. The summed E-state index contributed by atoms with van der Waals surface area (Å²) in [7, 11) is -4.71. The maximum absolute atomic E-state index is 13.7. The molecule has 14 heteroatoms. The highest BCUT2D eigenvalue weighted by Crippen LogP contribution is 2.30. The van der Waals surface area contributed by atoms with E-state index in [0.717, 1.165) is 57.4 Å². The van der Waals surface area contributed by atoms with Gasteiger partial charge in [0.05, 0.1) is 0 Å². The number of aromatic amines is 2. The standard InChI is InChI=1S/C33H41N5O8S/c1-33(32(41)42,17-21-19-37-29-5-3-25(16-27(21)29)46-23-8-12-35-13-9-23)38-47(43,44)30(31(39)40)14-20-18-36-28-4-2-24(15-26(20)28)45-22-6-10-34-11-7-22/h2-5,15-16,18-19,22-23,30,34-38H,6-14,17H2,1H3,(H,39,40)(H,41,42). The Morgan fingerprint density at radius 3 is 1.83 bits per heavy atom. The van der Waals surface area contributed by atoms with Gasteiger partial charge < -0.3 is 40.3 Å². The monoisotopic (exact) mass is 667 g/mol.